The first kappa shape index (κ1) is 16.4. The van der Waals surface area contributed by atoms with Crippen LogP contribution in [0, 0.1) is 0 Å². The second-order valence-corrected chi connectivity index (χ2v) is 6.00. The molecule has 0 bridgehead atoms. The lowest BCUT2D eigenvalue weighted by Crippen LogP contribution is -2.18. The number of halogens is 2. The topological polar surface area (TPSA) is 12.0 Å². The van der Waals surface area contributed by atoms with Gasteiger partial charge in [-0.15, -0.1) is 0 Å². The van der Waals surface area contributed by atoms with Gasteiger partial charge < -0.3 is 5.32 Å². The summed E-state index contributed by atoms with van der Waals surface area (Å²) in [5, 5.41) is 4.53. The number of hydrogen-bond acceptors (Lipinski definition) is 1. The van der Waals surface area contributed by atoms with Gasteiger partial charge >= 0.3 is 0 Å². The average Bonchev–Trinajstić information content (AvgIpc) is 2.51. The Balaban J connectivity index is 2.27. The van der Waals surface area contributed by atoms with Gasteiger partial charge in [-0.2, -0.15) is 0 Å². The van der Waals surface area contributed by atoms with Crippen LogP contribution in [0.5, 0.6) is 0 Å². The third-order valence-electron chi connectivity index (χ3n) is 3.71. The van der Waals surface area contributed by atoms with E-state index in [1.165, 1.54) is 24.0 Å². The van der Waals surface area contributed by atoms with Crippen molar-refractivity contribution >= 4 is 23.2 Å². The second-order valence-electron chi connectivity index (χ2n) is 5.21. The van der Waals surface area contributed by atoms with E-state index in [1.807, 2.05) is 25.2 Å². The van der Waals surface area contributed by atoms with Crippen molar-refractivity contribution < 1.29 is 0 Å². The highest BCUT2D eigenvalue weighted by atomic mass is 35.5. The summed E-state index contributed by atoms with van der Waals surface area (Å²) < 4.78 is 0. The van der Waals surface area contributed by atoms with Crippen molar-refractivity contribution in [1.29, 1.82) is 0 Å². The summed E-state index contributed by atoms with van der Waals surface area (Å²) in [6.07, 6.45) is 3.59. The van der Waals surface area contributed by atoms with E-state index in [2.05, 4.69) is 36.5 Å². The van der Waals surface area contributed by atoms with Crippen LogP contribution in [0.25, 0.3) is 0 Å². The molecule has 0 aliphatic heterocycles. The number of aryl methyl sites for hydroxylation is 1. The predicted octanol–water partition coefficient (Wildman–Crippen LogP) is 5.64. The van der Waals surface area contributed by atoms with Crippen molar-refractivity contribution in [1.82, 2.24) is 5.32 Å². The van der Waals surface area contributed by atoms with Crippen LogP contribution >= 0.6 is 23.2 Å². The molecule has 0 heterocycles. The maximum absolute atomic E-state index is 6.34. The van der Waals surface area contributed by atoms with Crippen LogP contribution in [0.3, 0.4) is 0 Å². The Bertz CT molecular complexity index is 578. The first-order valence-corrected chi connectivity index (χ1v) is 8.13. The number of unbranched alkanes of at least 4 members (excludes halogenated alkanes) is 1. The Morgan fingerprint density at radius 2 is 1.76 bits per heavy atom. The molecule has 0 aromatic heterocycles. The third-order valence-corrected chi connectivity index (χ3v) is 4.55. The highest BCUT2D eigenvalue weighted by Gasteiger charge is 2.16. The standard InChI is InChI=1S/C18H21Cl2N/c1-3-4-6-13-9-11-14(12-10-13)18(21-2)15-7-5-8-16(19)17(15)20/h5,7-12,18,21H,3-4,6H2,1-2H3. The summed E-state index contributed by atoms with van der Waals surface area (Å²) in [5.74, 6) is 0. The average molecular weight is 322 g/mol. The van der Waals surface area contributed by atoms with Gasteiger partial charge in [-0.1, -0.05) is 72.9 Å². The van der Waals surface area contributed by atoms with E-state index < -0.39 is 0 Å². The molecule has 0 aliphatic carbocycles. The molecule has 2 aromatic carbocycles. The zero-order chi connectivity index (χ0) is 15.2. The fourth-order valence-electron chi connectivity index (χ4n) is 2.50. The van der Waals surface area contributed by atoms with Crippen LogP contribution in [0.2, 0.25) is 10.0 Å². The summed E-state index contributed by atoms with van der Waals surface area (Å²) in [6, 6.07) is 14.6. The Morgan fingerprint density at radius 3 is 2.38 bits per heavy atom. The molecular formula is C18H21Cl2N. The van der Waals surface area contributed by atoms with E-state index in [-0.39, 0.29) is 6.04 Å². The maximum atomic E-state index is 6.34. The number of benzene rings is 2. The number of rotatable bonds is 6. The third kappa shape index (κ3) is 4.00. The first-order chi connectivity index (χ1) is 10.2. The van der Waals surface area contributed by atoms with E-state index in [1.54, 1.807) is 0 Å². The molecule has 2 aromatic rings. The molecule has 0 saturated heterocycles. The molecule has 1 unspecified atom stereocenters. The Hall–Kier alpha value is -1.02. The van der Waals surface area contributed by atoms with Gasteiger partial charge in [-0.25, -0.2) is 0 Å². The number of nitrogens with one attached hydrogen (secondary N) is 1. The van der Waals surface area contributed by atoms with E-state index in [4.69, 9.17) is 23.2 Å². The van der Waals surface area contributed by atoms with E-state index in [0.29, 0.717) is 10.0 Å². The molecule has 112 valence electrons. The van der Waals surface area contributed by atoms with Gasteiger partial charge in [-0.05, 0) is 42.6 Å². The summed E-state index contributed by atoms with van der Waals surface area (Å²) in [5.41, 5.74) is 3.59. The zero-order valence-electron chi connectivity index (χ0n) is 12.5. The molecule has 0 radical (unpaired) electrons. The van der Waals surface area contributed by atoms with Gasteiger partial charge in [0.2, 0.25) is 0 Å². The largest absolute Gasteiger partial charge is 0.309 e. The van der Waals surface area contributed by atoms with Crippen LogP contribution in [-0.2, 0) is 6.42 Å². The fourth-order valence-corrected chi connectivity index (χ4v) is 2.92. The fraction of sp³-hybridized carbons (Fsp3) is 0.333. The lowest BCUT2D eigenvalue weighted by atomic mass is 9.97. The zero-order valence-corrected chi connectivity index (χ0v) is 14.0. The van der Waals surface area contributed by atoms with Gasteiger partial charge in [-0.3, -0.25) is 0 Å². The lowest BCUT2D eigenvalue weighted by Gasteiger charge is -2.19. The van der Waals surface area contributed by atoms with Crippen LogP contribution in [0.1, 0.15) is 42.5 Å². The molecule has 21 heavy (non-hydrogen) atoms. The summed E-state index contributed by atoms with van der Waals surface area (Å²) in [7, 11) is 1.94. The van der Waals surface area contributed by atoms with Gasteiger partial charge in [0.1, 0.15) is 0 Å². The van der Waals surface area contributed by atoms with E-state index >= 15 is 0 Å². The predicted molar refractivity (Wildman–Crippen MR) is 92.4 cm³/mol. The Labute approximate surface area is 137 Å². The minimum Gasteiger partial charge on any atom is -0.309 e. The highest BCUT2D eigenvalue weighted by Crippen LogP contribution is 2.33. The van der Waals surface area contributed by atoms with Gasteiger partial charge in [0.05, 0.1) is 16.1 Å². The molecular weight excluding hydrogens is 301 g/mol. The molecule has 0 fully saturated rings. The summed E-state index contributed by atoms with van der Waals surface area (Å²) in [4.78, 5) is 0. The maximum Gasteiger partial charge on any atom is 0.0643 e. The van der Waals surface area contributed by atoms with Crippen LogP contribution < -0.4 is 5.32 Å². The van der Waals surface area contributed by atoms with Gasteiger partial charge in [0.25, 0.3) is 0 Å². The van der Waals surface area contributed by atoms with Crippen LogP contribution in [-0.4, -0.2) is 7.05 Å². The van der Waals surface area contributed by atoms with E-state index in [9.17, 15) is 0 Å². The molecule has 2 rings (SSSR count). The van der Waals surface area contributed by atoms with Gasteiger partial charge in [0.15, 0.2) is 0 Å². The molecule has 0 aliphatic rings. The summed E-state index contributed by atoms with van der Waals surface area (Å²) in [6.45, 7) is 2.21. The monoisotopic (exact) mass is 321 g/mol. The van der Waals surface area contributed by atoms with Crippen molar-refractivity contribution in [2.45, 2.75) is 32.2 Å². The molecule has 0 amide bonds. The minimum atomic E-state index is 0.0522. The smallest absolute Gasteiger partial charge is 0.0643 e. The highest BCUT2D eigenvalue weighted by molar-refractivity contribution is 6.42. The number of hydrogen-bond donors (Lipinski definition) is 1. The van der Waals surface area contributed by atoms with Crippen molar-refractivity contribution in [3.63, 3.8) is 0 Å². The van der Waals surface area contributed by atoms with E-state index in [0.717, 1.165) is 12.0 Å². The van der Waals surface area contributed by atoms with Crippen molar-refractivity contribution in [2.75, 3.05) is 7.05 Å². The van der Waals surface area contributed by atoms with Crippen molar-refractivity contribution in [2.24, 2.45) is 0 Å². The molecule has 0 saturated carbocycles. The Morgan fingerprint density at radius 1 is 1.05 bits per heavy atom. The first-order valence-electron chi connectivity index (χ1n) is 7.37. The lowest BCUT2D eigenvalue weighted by molar-refractivity contribution is 0.691. The molecule has 1 atom stereocenters. The van der Waals surface area contributed by atoms with Gasteiger partial charge in [0, 0.05) is 0 Å². The van der Waals surface area contributed by atoms with Crippen molar-refractivity contribution in [3.05, 3.63) is 69.2 Å². The van der Waals surface area contributed by atoms with Crippen molar-refractivity contribution in [3.8, 4) is 0 Å². The van der Waals surface area contributed by atoms with Crippen LogP contribution in [0.15, 0.2) is 42.5 Å². The quantitative estimate of drug-likeness (QED) is 0.725. The molecule has 1 nitrogen and oxygen atoms in total. The SMILES string of the molecule is CCCCc1ccc(C(NC)c2cccc(Cl)c2Cl)cc1. The normalized spacial score (nSPS) is 12.4. The molecule has 3 heteroatoms. The molecule has 1 N–H and O–H groups in total. The summed E-state index contributed by atoms with van der Waals surface area (Å²) >= 11 is 12.5. The minimum absolute atomic E-state index is 0.0522. The second kappa shape index (κ2) is 7.84. The molecule has 0 spiro atoms. The Kier molecular flexibility index (Phi) is 6.10. The van der Waals surface area contributed by atoms with Crippen LogP contribution in [0.4, 0.5) is 0 Å².